The highest BCUT2D eigenvalue weighted by molar-refractivity contribution is 7.89. The van der Waals surface area contributed by atoms with Crippen LogP contribution in [0.15, 0.2) is 0 Å². The van der Waals surface area contributed by atoms with Crippen LogP contribution in [0.25, 0.3) is 0 Å². The number of hydrogen-bond acceptors (Lipinski definition) is 4. The summed E-state index contributed by atoms with van der Waals surface area (Å²) < 4.78 is 24.7. The average Bonchev–Trinajstić information content (AvgIpc) is 2.56. The van der Waals surface area contributed by atoms with Crippen LogP contribution in [0.5, 0.6) is 0 Å². The van der Waals surface area contributed by atoms with Gasteiger partial charge in [0.2, 0.25) is 10.0 Å². The molecule has 1 N–H and O–H groups in total. The van der Waals surface area contributed by atoms with Crippen molar-refractivity contribution >= 4 is 10.0 Å². The van der Waals surface area contributed by atoms with Crippen molar-refractivity contribution in [3.05, 3.63) is 0 Å². The maximum atomic E-state index is 11.5. The first kappa shape index (κ1) is 11.3. The van der Waals surface area contributed by atoms with E-state index in [0.29, 0.717) is 18.8 Å². The number of rotatable bonds is 3. The summed E-state index contributed by atoms with van der Waals surface area (Å²) in [5, 5.41) is 3.29. The van der Waals surface area contributed by atoms with E-state index in [9.17, 15) is 8.42 Å². The van der Waals surface area contributed by atoms with Gasteiger partial charge in [0.25, 0.3) is 0 Å². The predicted octanol–water partition coefficient (Wildman–Crippen LogP) is -1.07. The van der Waals surface area contributed by atoms with Gasteiger partial charge in [-0.2, -0.15) is 0 Å². The first-order chi connectivity index (χ1) is 7.18. The average molecular weight is 233 g/mol. The highest BCUT2D eigenvalue weighted by Gasteiger charge is 2.28. The Morgan fingerprint density at radius 1 is 1.07 bits per heavy atom. The molecule has 2 fully saturated rings. The first-order valence-electron chi connectivity index (χ1n) is 5.59. The van der Waals surface area contributed by atoms with Crippen LogP contribution < -0.4 is 5.32 Å². The molecule has 2 heterocycles. The van der Waals surface area contributed by atoms with Crippen LogP contribution in [0, 0.1) is 0 Å². The molecule has 5 nitrogen and oxygen atoms in total. The maximum Gasteiger partial charge on any atom is 0.214 e. The van der Waals surface area contributed by atoms with Crippen LogP contribution >= 0.6 is 0 Å². The van der Waals surface area contributed by atoms with Crippen molar-refractivity contribution < 1.29 is 8.42 Å². The third-order valence-electron chi connectivity index (χ3n) is 3.08. The Hall–Kier alpha value is -0.170. The van der Waals surface area contributed by atoms with Crippen molar-refractivity contribution in [1.29, 1.82) is 0 Å². The minimum Gasteiger partial charge on any atom is -0.314 e. The lowest BCUT2D eigenvalue weighted by Gasteiger charge is -2.28. The van der Waals surface area contributed by atoms with Crippen molar-refractivity contribution in [3.8, 4) is 0 Å². The fourth-order valence-corrected chi connectivity index (χ4v) is 3.65. The van der Waals surface area contributed by atoms with Gasteiger partial charge in [0, 0.05) is 45.8 Å². The highest BCUT2D eigenvalue weighted by atomic mass is 32.2. The van der Waals surface area contributed by atoms with Gasteiger partial charge >= 0.3 is 0 Å². The Bertz CT molecular complexity index is 298. The minimum atomic E-state index is -2.90. The van der Waals surface area contributed by atoms with Gasteiger partial charge in [-0.15, -0.1) is 0 Å². The third-order valence-corrected chi connectivity index (χ3v) is 5.03. The molecule has 2 saturated heterocycles. The molecule has 0 aromatic rings. The number of piperazine rings is 1. The van der Waals surface area contributed by atoms with E-state index in [2.05, 4.69) is 10.2 Å². The molecule has 0 spiro atoms. The second kappa shape index (κ2) is 4.78. The van der Waals surface area contributed by atoms with Crippen molar-refractivity contribution in [2.75, 3.05) is 51.6 Å². The summed E-state index contributed by atoms with van der Waals surface area (Å²) >= 11 is 0. The summed E-state index contributed by atoms with van der Waals surface area (Å²) in [4.78, 5) is 2.32. The zero-order valence-corrected chi connectivity index (χ0v) is 9.80. The lowest BCUT2D eigenvalue weighted by molar-refractivity contribution is 0.226. The minimum absolute atomic E-state index is 0.342. The molecule has 0 aliphatic carbocycles. The molecular formula is C9H19N3O2S. The third kappa shape index (κ3) is 2.90. The van der Waals surface area contributed by atoms with Gasteiger partial charge in [0.05, 0.1) is 5.75 Å². The Balaban J connectivity index is 1.77. The van der Waals surface area contributed by atoms with E-state index in [-0.39, 0.29) is 0 Å². The van der Waals surface area contributed by atoms with E-state index in [1.54, 1.807) is 4.31 Å². The molecule has 15 heavy (non-hydrogen) atoms. The van der Waals surface area contributed by atoms with E-state index in [1.165, 1.54) is 0 Å². The van der Waals surface area contributed by atoms with Gasteiger partial charge in [0.1, 0.15) is 0 Å². The number of nitrogens with one attached hydrogen (secondary N) is 1. The fourth-order valence-electron chi connectivity index (χ4n) is 2.13. The molecule has 88 valence electrons. The molecule has 0 amide bonds. The second-order valence-electron chi connectivity index (χ2n) is 4.16. The van der Waals surface area contributed by atoms with E-state index in [0.717, 1.165) is 39.1 Å². The van der Waals surface area contributed by atoms with Gasteiger partial charge in [-0.05, 0) is 6.42 Å². The van der Waals surface area contributed by atoms with Crippen LogP contribution in [0.3, 0.4) is 0 Å². The Labute approximate surface area is 91.5 Å². The Kier molecular flexibility index (Phi) is 3.60. The summed E-state index contributed by atoms with van der Waals surface area (Å²) in [7, 11) is -2.90. The van der Waals surface area contributed by atoms with Gasteiger partial charge in [-0.25, -0.2) is 12.7 Å². The van der Waals surface area contributed by atoms with E-state index >= 15 is 0 Å². The summed E-state index contributed by atoms with van der Waals surface area (Å²) in [6.07, 6.45) is 0.796. The number of nitrogens with zero attached hydrogens (tertiary/aromatic N) is 2. The van der Waals surface area contributed by atoms with Crippen LogP contribution in [0.1, 0.15) is 6.42 Å². The largest absolute Gasteiger partial charge is 0.314 e. The Morgan fingerprint density at radius 2 is 1.80 bits per heavy atom. The lowest BCUT2D eigenvalue weighted by atomic mass is 10.3. The lowest BCUT2D eigenvalue weighted by Crippen LogP contribution is -2.46. The SMILES string of the molecule is O=S1(=O)CCCN1CCN1CCNCC1. The molecule has 0 saturated carbocycles. The monoisotopic (exact) mass is 233 g/mol. The van der Waals surface area contributed by atoms with Crippen LogP contribution in [0.4, 0.5) is 0 Å². The first-order valence-corrected chi connectivity index (χ1v) is 7.20. The van der Waals surface area contributed by atoms with Crippen LogP contribution in [-0.2, 0) is 10.0 Å². The van der Waals surface area contributed by atoms with Gasteiger partial charge in [-0.3, -0.25) is 4.90 Å². The predicted molar refractivity (Wildman–Crippen MR) is 59.3 cm³/mol. The van der Waals surface area contributed by atoms with Crippen molar-refractivity contribution in [1.82, 2.24) is 14.5 Å². The summed E-state index contributed by atoms with van der Waals surface area (Å²) in [5.74, 6) is 0.342. The maximum absolute atomic E-state index is 11.5. The molecule has 2 aliphatic rings. The van der Waals surface area contributed by atoms with Gasteiger partial charge < -0.3 is 5.32 Å². The van der Waals surface area contributed by atoms with Gasteiger partial charge in [0.15, 0.2) is 0 Å². The van der Waals surface area contributed by atoms with Crippen molar-refractivity contribution in [2.45, 2.75) is 6.42 Å². The zero-order valence-electron chi connectivity index (χ0n) is 8.98. The van der Waals surface area contributed by atoms with Crippen molar-refractivity contribution in [2.24, 2.45) is 0 Å². The van der Waals surface area contributed by atoms with E-state index < -0.39 is 10.0 Å². The van der Waals surface area contributed by atoms with E-state index in [1.807, 2.05) is 0 Å². The molecule has 2 rings (SSSR count). The standard InChI is InChI=1S/C9H19N3O2S/c13-15(14)9-1-4-12(15)8-7-11-5-2-10-3-6-11/h10H,1-9H2. The molecule has 2 aliphatic heterocycles. The molecular weight excluding hydrogens is 214 g/mol. The number of sulfonamides is 1. The molecule has 0 radical (unpaired) electrons. The molecule has 0 unspecified atom stereocenters. The fraction of sp³-hybridized carbons (Fsp3) is 1.00. The highest BCUT2D eigenvalue weighted by Crippen LogP contribution is 2.12. The molecule has 0 aromatic carbocycles. The molecule has 6 heteroatoms. The zero-order chi connectivity index (χ0) is 10.7. The smallest absolute Gasteiger partial charge is 0.214 e. The second-order valence-corrected chi connectivity index (χ2v) is 6.25. The number of hydrogen-bond donors (Lipinski definition) is 1. The topological polar surface area (TPSA) is 52.7 Å². The normalized spacial score (nSPS) is 28.3. The van der Waals surface area contributed by atoms with E-state index in [4.69, 9.17) is 0 Å². The van der Waals surface area contributed by atoms with Crippen LogP contribution in [-0.4, -0.2) is 69.2 Å². The summed E-state index contributed by atoms with van der Waals surface area (Å²) in [5.41, 5.74) is 0. The summed E-state index contributed by atoms with van der Waals surface area (Å²) in [6.45, 7) is 6.37. The molecule has 0 atom stereocenters. The summed E-state index contributed by atoms with van der Waals surface area (Å²) in [6, 6.07) is 0. The van der Waals surface area contributed by atoms with Gasteiger partial charge in [-0.1, -0.05) is 0 Å². The molecule has 0 bridgehead atoms. The quantitative estimate of drug-likeness (QED) is 0.674. The van der Waals surface area contributed by atoms with Crippen LogP contribution in [0.2, 0.25) is 0 Å². The molecule has 0 aromatic heterocycles. The van der Waals surface area contributed by atoms with Crippen molar-refractivity contribution in [3.63, 3.8) is 0 Å². The Morgan fingerprint density at radius 3 is 2.40 bits per heavy atom.